The van der Waals surface area contributed by atoms with Crippen molar-refractivity contribution >= 4 is 6.09 Å². The standard InChI is InChI=1S/C4H11N3O2/c1-2-3-6-4(8)9-7-5/h7H,2-3,5H2,1H3,(H,6,8). The maximum absolute atomic E-state index is 10.3. The molecule has 5 nitrogen and oxygen atoms in total. The van der Waals surface area contributed by atoms with E-state index < -0.39 is 6.09 Å². The van der Waals surface area contributed by atoms with Gasteiger partial charge in [-0.25, -0.2) is 10.6 Å². The van der Waals surface area contributed by atoms with Gasteiger partial charge in [-0.15, -0.1) is 0 Å². The molecule has 9 heavy (non-hydrogen) atoms. The van der Waals surface area contributed by atoms with Crippen LogP contribution in [0.3, 0.4) is 0 Å². The number of rotatable bonds is 3. The van der Waals surface area contributed by atoms with E-state index in [0.717, 1.165) is 6.42 Å². The molecule has 0 atom stereocenters. The fourth-order valence-electron chi connectivity index (χ4n) is 0.317. The van der Waals surface area contributed by atoms with E-state index in [9.17, 15) is 4.79 Å². The molecule has 0 saturated heterocycles. The average molecular weight is 133 g/mol. The molecular formula is C4H11N3O2. The van der Waals surface area contributed by atoms with Crippen molar-refractivity contribution in [2.45, 2.75) is 13.3 Å². The second kappa shape index (κ2) is 5.33. The van der Waals surface area contributed by atoms with Crippen LogP contribution in [0.5, 0.6) is 0 Å². The summed E-state index contributed by atoms with van der Waals surface area (Å²) in [7, 11) is 0. The smallest absolute Gasteiger partial charge is 0.339 e. The summed E-state index contributed by atoms with van der Waals surface area (Å²) in [6, 6.07) is 0. The van der Waals surface area contributed by atoms with E-state index >= 15 is 0 Å². The highest BCUT2D eigenvalue weighted by atomic mass is 16.7. The minimum atomic E-state index is -0.556. The van der Waals surface area contributed by atoms with Gasteiger partial charge >= 0.3 is 6.09 Å². The zero-order valence-electron chi connectivity index (χ0n) is 5.31. The minimum Gasteiger partial charge on any atom is -0.339 e. The Morgan fingerprint density at radius 3 is 2.89 bits per heavy atom. The minimum absolute atomic E-state index is 0.556. The van der Waals surface area contributed by atoms with Crippen molar-refractivity contribution in [3.05, 3.63) is 0 Å². The Hall–Kier alpha value is -0.810. The number of carbonyl (C=O) groups is 1. The van der Waals surface area contributed by atoms with Crippen LogP contribution < -0.4 is 16.7 Å². The Labute approximate surface area is 53.5 Å². The molecule has 0 rings (SSSR count). The number of carbonyl (C=O) groups excluding carboxylic acids is 1. The Morgan fingerprint density at radius 2 is 2.44 bits per heavy atom. The zero-order valence-corrected chi connectivity index (χ0v) is 5.31. The number of nitrogens with one attached hydrogen (secondary N) is 2. The monoisotopic (exact) mass is 133 g/mol. The van der Waals surface area contributed by atoms with Gasteiger partial charge in [-0.1, -0.05) is 12.5 Å². The van der Waals surface area contributed by atoms with Crippen molar-refractivity contribution in [1.29, 1.82) is 0 Å². The van der Waals surface area contributed by atoms with Gasteiger partial charge in [0.15, 0.2) is 0 Å². The number of hydrazine groups is 1. The van der Waals surface area contributed by atoms with Crippen molar-refractivity contribution < 1.29 is 9.63 Å². The molecule has 0 aromatic heterocycles. The van der Waals surface area contributed by atoms with Gasteiger partial charge in [0.2, 0.25) is 0 Å². The molecule has 0 aliphatic heterocycles. The Bertz CT molecular complexity index is 85.9. The van der Waals surface area contributed by atoms with Gasteiger partial charge in [-0.3, -0.25) is 0 Å². The molecule has 0 bridgehead atoms. The van der Waals surface area contributed by atoms with Crippen LogP contribution >= 0.6 is 0 Å². The van der Waals surface area contributed by atoms with Gasteiger partial charge in [0.25, 0.3) is 0 Å². The summed E-state index contributed by atoms with van der Waals surface area (Å²) in [5.41, 5.74) is 1.76. The highest BCUT2D eigenvalue weighted by Gasteiger charge is 1.95. The van der Waals surface area contributed by atoms with Crippen LogP contribution in [-0.4, -0.2) is 12.6 Å². The maximum atomic E-state index is 10.3. The topological polar surface area (TPSA) is 76.4 Å². The summed E-state index contributed by atoms with van der Waals surface area (Å²) < 4.78 is 0. The summed E-state index contributed by atoms with van der Waals surface area (Å²) in [6.07, 6.45) is 0.319. The van der Waals surface area contributed by atoms with Crippen LogP contribution in [0.25, 0.3) is 0 Å². The molecule has 4 N–H and O–H groups in total. The second-order valence-electron chi connectivity index (χ2n) is 1.43. The van der Waals surface area contributed by atoms with E-state index in [4.69, 9.17) is 0 Å². The summed E-state index contributed by atoms with van der Waals surface area (Å²) in [4.78, 5) is 14.4. The molecule has 0 saturated carbocycles. The van der Waals surface area contributed by atoms with E-state index in [0.29, 0.717) is 6.54 Å². The fourth-order valence-corrected chi connectivity index (χ4v) is 0.317. The van der Waals surface area contributed by atoms with Crippen molar-refractivity contribution in [2.24, 2.45) is 5.84 Å². The van der Waals surface area contributed by atoms with E-state index in [1.54, 1.807) is 5.59 Å². The Kier molecular flexibility index (Phi) is 4.85. The lowest BCUT2D eigenvalue weighted by atomic mass is 10.5. The third kappa shape index (κ3) is 5.05. The summed E-state index contributed by atoms with van der Waals surface area (Å²) in [5, 5.41) is 2.43. The highest BCUT2D eigenvalue weighted by molar-refractivity contribution is 5.66. The van der Waals surface area contributed by atoms with Gasteiger partial charge in [0.05, 0.1) is 0 Å². The number of hydrogen-bond acceptors (Lipinski definition) is 4. The quantitative estimate of drug-likeness (QED) is 0.358. The number of amides is 1. The Balaban J connectivity index is 3.06. The van der Waals surface area contributed by atoms with E-state index in [2.05, 4.69) is 16.0 Å². The van der Waals surface area contributed by atoms with Gasteiger partial charge in [0, 0.05) is 6.54 Å². The van der Waals surface area contributed by atoms with Crippen molar-refractivity contribution in [2.75, 3.05) is 6.54 Å². The molecule has 0 fully saturated rings. The number of hydrogen-bond donors (Lipinski definition) is 3. The lowest BCUT2D eigenvalue weighted by Gasteiger charge is -2.00. The first-order chi connectivity index (χ1) is 4.31. The molecule has 1 amide bonds. The van der Waals surface area contributed by atoms with Crippen molar-refractivity contribution in [1.82, 2.24) is 10.9 Å². The van der Waals surface area contributed by atoms with E-state index in [1.165, 1.54) is 0 Å². The van der Waals surface area contributed by atoms with Gasteiger partial charge < -0.3 is 10.2 Å². The molecule has 5 heteroatoms. The molecule has 0 aromatic carbocycles. The predicted octanol–water partition coefficient (Wildman–Crippen LogP) is -0.499. The Morgan fingerprint density at radius 1 is 1.78 bits per heavy atom. The van der Waals surface area contributed by atoms with E-state index in [1.807, 2.05) is 6.92 Å². The van der Waals surface area contributed by atoms with E-state index in [-0.39, 0.29) is 0 Å². The third-order valence-corrected chi connectivity index (χ3v) is 0.671. The van der Waals surface area contributed by atoms with Crippen molar-refractivity contribution in [3.8, 4) is 0 Å². The van der Waals surface area contributed by atoms with Gasteiger partial charge in [-0.2, -0.15) is 0 Å². The molecule has 0 heterocycles. The molecule has 0 aromatic rings. The zero-order chi connectivity index (χ0) is 7.11. The summed E-state index contributed by atoms with van der Waals surface area (Å²) in [6.45, 7) is 2.54. The molecule has 0 unspecified atom stereocenters. The highest BCUT2D eigenvalue weighted by Crippen LogP contribution is 1.72. The first-order valence-electron chi connectivity index (χ1n) is 2.71. The molecular weight excluding hydrogens is 122 g/mol. The fraction of sp³-hybridized carbons (Fsp3) is 0.750. The third-order valence-electron chi connectivity index (χ3n) is 0.671. The molecule has 0 aliphatic rings. The lowest BCUT2D eigenvalue weighted by Crippen LogP contribution is -2.33. The normalized spacial score (nSPS) is 8.67. The predicted molar refractivity (Wildman–Crippen MR) is 32.1 cm³/mol. The second-order valence-corrected chi connectivity index (χ2v) is 1.43. The van der Waals surface area contributed by atoms with Crippen LogP contribution in [-0.2, 0) is 4.84 Å². The molecule has 0 aliphatic carbocycles. The maximum Gasteiger partial charge on any atom is 0.427 e. The SMILES string of the molecule is CCCNC(=O)ONN. The largest absolute Gasteiger partial charge is 0.427 e. The number of nitrogens with two attached hydrogens (primary N) is 1. The van der Waals surface area contributed by atoms with Crippen molar-refractivity contribution in [3.63, 3.8) is 0 Å². The lowest BCUT2D eigenvalue weighted by molar-refractivity contribution is 0.0903. The average Bonchev–Trinajstić information content (AvgIpc) is 1.85. The first kappa shape index (κ1) is 8.19. The van der Waals surface area contributed by atoms with Crippen LogP contribution in [0.1, 0.15) is 13.3 Å². The summed E-state index contributed by atoms with van der Waals surface area (Å²) >= 11 is 0. The van der Waals surface area contributed by atoms with Crippen LogP contribution in [0.4, 0.5) is 4.79 Å². The van der Waals surface area contributed by atoms with Crippen LogP contribution in [0, 0.1) is 0 Å². The van der Waals surface area contributed by atoms with Gasteiger partial charge in [0.1, 0.15) is 0 Å². The molecule has 0 radical (unpaired) electrons. The van der Waals surface area contributed by atoms with Crippen LogP contribution in [0.15, 0.2) is 0 Å². The first-order valence-corrected chi connectivity index (χ1v) is 2.71. The summed E-state index contributed by atoms with van der Waals surface area (Å²) in [5.74, 6) is 4.67. The van der Waals surface area contributed by atoms with Crippen LogP contribution in [0.2, 0.25) is 0 Å². The van der Waals surface area contributed by atoms with Gasteiger partial charge in [-0.05, 0) is 6.42 Å². The molecule has 0 spiro atoms. The molecule has 54 valence electrons.